The van der Waals surface area contributed by atoms with E-state index in [1.165, 1.54) is 29.4 Å². The highest BCUT2D eigenvalue weighted by atomic mass is 19.1. The lowest BCUT2D eigenvalue weighted by Crippen LogP contribution is -2.57. The van der Waals surface area contributed by atoms with Crippen molar-refractivity contribution in [3.05, 3.63) is 120 Å². The maximum absolute atomic E-state index is 14.3. The fourth-order valence-electron chi connectivity index (χ4n) is 13.3. The number of phenols is 1. The van der Waals surface area contributed by atoms with Gasteiger partial charge in [-0.2, -0.15) is 5.48 Å². The van der Waals surface area contributed by atoms with Gasteiger partial charge in [0.15, 0.2) is 11.6 Å². The number of aromatic hydroxyl groups is 1. The van der Waals surface area contributed by atoms with E-state index in [4.69, 9.17) is 25.1 Å². The molecule has 17 nitrogen and oxygen atoms in total. The number of phenolic OH excluding ortho intramolecular Hbond substituents is 1. The number of nitrogens with zero attached hydrogens (tertiary/aromatic N) is 9. The van der Waals surface area contributed by atoms with Gasteiger partial charge in [0.05, 0.1) is 23.2 Å². The van der Waals surface area contributed by atoms with Crippen LogP contribution in [0.1, 0.15) is 106 Å². The molecule has 4 aliphatic heterocycles. The van der Waals surface area contributed by atoms with Crippen molar-refractivity contribution in [2.75, 3.05) is 48.3 Å². The molecule has 2 unspecified atom stereocenters. The summed E-state index contributed by atoms with van der Waals surface area (Å²) < 4.78 is 20.2. The number of likely N-dealkylation sites (tertiary alicyclic amines) is 2. The summed E-state index contributed by atoms with van der Waals surface area (Å²) in [6.45, 7) is 7.59. The summed E-state index contributed by atoms with van der Waals surface area (Å²) in [7, 11) is 0. The Morgan fingerprint density at radius 1 is 0.840 bits per heavy atom. The lowest BCUT2D eigenvalue weighted by Gasteiger charge is -2.60. The number of para-hydroxylation sites is 1. The first kappa shape index (κ1) is 48.7. The van der Waals surface area contributed by atoms with Crippen LogP contribution in [0.15, 0.2) is 102 Å². The number of hydrogen-bond acceptors (Lipinski definition) is 15. The molecule has 1 spiro atoms. The molecule has 6 aliphatic rings. The number of anilines is 3. The number of β-amino-alcohol motifs (C(OH)–C–C–N with tert-alkyl or cyclic N) is 1. The number of fused-ring (bicyclic) bond motifs is 2. The van der Waals surface area contributed by atoms with Gasteiger partial charge in [0.25, 0.3) is 5.91 Å². The van der Waals surface area contributed by atoms with Gasteiger partial charge in [0, 0.05) is 79.7 Å². The summed E-state index contributed by atoms with van der Waals surface area (Å²) in [6.07, 6.45) is 12.1. The molecule has 5 N–H and O–H groups in total. The monoisotopic (exact) mass is 1020 g/mol. The molecule has 390 valence electrons. The first-order valence-electron chi connectivity index (χ1n) is 26.6. The maximum Gasteiger partial charge on any atom is 0.275 e. The van der Waals surface area contributed by atoms with Crippen molar-refractivity contribution in [3.63, 3.8) is 0 Å². The van der Waals surface area contributed by atoms with Crippen LogP contribution in [0.25, 0.3) is 22.4 Å². The number of rotatable bonds is 13. The molecule has 6 fully saturated rings. The number of aromatic nitrogens is 5. The average Bonchev–Trinajstić information content (AvgIpc) is 4.11. The van der Waals surface area contributed by atoms with Crippen molar-refractivity contribution in [1.82, 2.24) is 40.6 Å². The third-order valence-electron chi connectivity index (χ3n) is 17.3. The SMILES string of the molecule is CC(C)[C@@H](C(=O)N1C[C@H](O)C[C@H]1C(=O)NOc1ccc(-c2ccccc2F)cc1)c1cc([C@H]2CC3(C2)C[C@H](N2CCC(c4cnc(N5C6CCC5CN(c5cc(-c7ccccc7O)nnc5N)C6)nc4)CC2)C3)no1. The van der Waals surface area contributed by atoms with E-state index in [-0.39, 0.29) is 54.4 Å². The molecule has 2 amide bonds. The van der Waals surface area contributed by atoms with Crippen LogP contribution >= 0.6 is 0 Å². The van der Waals surface area contributed by atoms with Gasteiger partial charge >= 0.3 is 0 Å². The molecule has 6 aromatic rings. The highest BCUT2D eigenvalue weighted by molar-refractivity contribution is 5.91. The van der Waals surface area contributed by atoms with Crippen LogP contribution in [0.2, 0.25) is 0 Å². The molecule has 2 saturated carbocycles. The molecule has 2 aliphatic carbocycles. The van der Waals surface area contributed by atoms with Gasteiger partial charge in [0.2, 0.25) is 11.9 Å². The minimum absolute atomic E-state index is 0.0139. The van der Waals surface area contributed by atoms with Crippen LogP contribution in [0.4, 0.5) is 21.8 Å². The van der Waals surface area contributed by atoms with Gasteiger partial charge in [-0.15, -0.1) is 10.2 Å². The van der Waals surface area contributed by atoms with Crippen LogP contribution in [0.5, 0.6) is 11.5 Å². The Hall–Kier alpha value is -7.18. The number of hydrogen-bond donors (Lipinski definition) is 4. The Kier molecular flexibility index (Phi) is 12.9. The third-order valence-corrected chi connectivity index (χ3v) is 17.3. The zero-order valence-corrected chi connectivity index (χ0v) is 42.3. The third kappa shape index (κ3) is 9.40. The van der Waals surface area contributed by atoms with Crippen molar-refractivity contribution >= 4 is 29.3 Å². The number of piperazine rings is 1. The van der Waals surface area contributed by atoms with E-state index >= 15 is 0 Å². The zero-order valence-electron chi connectivity index (χ0n) is 42.3. The fourth-order valence-corrected chi connectivity index (χ4v) is 13.3. The molecular formula is C57H64FN11O6. The molecule has 3 aromatic carbocycles. The minimum atomic E-state index is -0.944. The molecule has 0 radical (unpaired) electrons. The second kappa shape index (κ2) is 19.8. The average molecular weight is 1020 g/mol. The lowest BCUT2D eigenvalue weighted by molar-refractivity contribution is -0.143. The van der Waals surface area contributed by atoms with Gasteiger partial charge < -0.3 is 44.9 Å². The summed E-state index contributed by atoms with van der Waals surface area (Å²) in [4.78, 5) is 52.1. The van der Waals surface area contributed by atoms with E-state index in [1.807, 2.05) is 38.1 Å². The Morgan fingerprint density at radius 3 is 2.23 bits per heavy atom. The number of amides is 2. The summed E-state index contributed by atoms with van der Waals surface area (Å²) in [5.41, 5.74) is 14.4. The molecule has 5 atom stereocenters. The van der Waals surface area contributed by atoms with E-state index in [2.05, 4.69) is 47.9 Å². The number of piperidine rings is 1. The predicted octanol–water partition coefficient (Wildman–Crippen LogP) is 7.59. The van der Waals surface area contributed by atoms with Gasteiger partial charge in [0.1, 0.15) is 29.3 Å². The molecule has 12 rings (SSSR count). The van der Waals surface area contributed by atoms with Gasteiger partial charge in [-0.05, 0) is 129 Å². The van der Waals surface area contributed by atoms with Crippen LogP contribution in [-0.4, -0.2) is 120 Å². The van der Waals surface area contributed by atoms with Gasteiger partial charge in [-0.1, -0.05) is 61.5 Å². The van der Waals surface area contributed by atoms with Crippen LogP contribution in [-0.2, 0) is 9.59 Å². The van der Waals surface area contributed by atoms with E-state index < -0.39 is 24.0 Å². The number of benzene rings is 3. The highest BCUT2D eigenvalue weighted by Crippen LogP contribution is 2.63. The van der Waals surface area contributed by atoms with Gasteiger partial charge in [-0.25, -0.2) is 14.4 Å². The number of carbonyl (C=O) groups is 2. The Labute approximate surface area is 435 Å². The zero-order chi connectivity index (χ0) is 51.5. The number of halogens is 1. The standard InChI is InChI=1S/C57H64FN11O6/c1-33(2)52(55(73)68-32-41(70)21-49(68)54(72)65-74-42-15-11-35(12-16-42)43-7-3-5-9-45(43)58)51-23-46(64-75-51)36-24-57(25-36)26-40(27-57)66-19-17-34(18-20-66)37-28-60-56(61-29-37)69-38-13-14-39(69)31-67(30-38)48-22-47(62-63-53(48)59)44-8-4-6-10-50(44)71/h3-12,15-16,22-23,28-29,33-34,36,38-41,49,52,70-71H,13-14,17-21,24-27,30-32H2,1-2H3,(H2,59,63)(H,65,72)/t36-,38?,39?,40-,41-,49+,52-,57?/m1/s1. The molecule has 4 saturated heterocycles. The van der Waals surface area contributed by atoms with Crippen molar-refractivity contribution in [1.29, 1.82) is 0 Å². The quantitative estimate of drug-likeness (QED) is 0.0821. The minimum Gasteiger partial charge on any atom is -0.507 e. The topological polar surface area (TPSA) is 212 Å². The molecule has 3 aromatic heterocycles. The van der Waals surface area contributed by atoms with Crippen molar-refractivity contribution in [2.45, 2.75) is 120 Å². The number of aliphatic hydroxyl groups excluding tert-OH is 1. The Morgan fingerprint density at radius 2 is 1.53 bits per heavy atom. The van der Waals surface area contributed by atoms with E-state index in [0.717, 1.165) is 82.0 Å². The Bertz CT molecular complexity index is 3030. The number of nitrogens with two attached hydrogens (primary N) is 1. The number of nitrogens with one attached hydrogen (secondary N) is 1. The lowest BCUT2D eigenvalue weighted by atomic mass is 9.49. The molecule has 18 heteroatoms. The van der Waals surface area contributed by atoms with E-state index in [1.54, 1.807) is 54.6 Å². The molecular weight excluding hydrogens is 954 g/mol. The fraction of sp³-hybridized carbons (Fsp3) is 0.456. The second-order valence-electron chi connectivity index (χ2n) is 22.4. The second-order valence-corrected chi connectivity index (χ2v) is 22.4. The largest absolute Gasteiger partial charge is 0.507 e. The molecule has 75 heavy (non-hydrogen) atoms. The number of carbonyl (C=O) groups excluding carboxylic acids is 2. The van der Waals surface area contributed by atoms with Crippen molar-refractivity contribution in [2.24, 2.45) is 11.3 Å². The first-order chi connectivity index (χ1) is 36.4. The summed E-state index contributed by atoms with van der Waals surface area (Å²) in [5.74, 6) is 0.822. The summed E-state index contributed by atoms with van der Waals surface area (Å²) in [6, 6.07) is 24.3. The van der Waals surface area contributed by atoms with E-state index in [0.29, 0.717) is 57.1 Å². The normalized spacial score (nSPS) is 26.1. The molecule has 2 bridgehead atoms. The number of aliphatic hydroxyl groups is 1. The first-order valence-corrected chi connectivity index (χ1v) is 26.6. The smallest absolute Gasteiger partial charge is 0.275 e. The molecule has 7 heterocycles. The number of nitrogen functional groups attached to an aromatic ring is 1. The summed E-state index contributed by atoms with van der Waals surface area (Å²) >= 11 is 0. The van der Waals surface area contributed by atoms with E-state index in [9.17, 15) is 24.2 Å². The van der Waals surface area contributed by atoms with Crippen LogP contribution < -0.4 is 25.9 Å². The van der Waals surface area contributed by atoms with Crippen molar-refractivity contribution in [3.8, 4) is 33.9 Å². The number of hydroxylamine groups is 1. The van der Waals surface area contributed by atoms with Gasteiger partial charge in [-0.3, -0.25) is 9.59 Å². The summed E-state index contributed by atoms with van der Waals surface area (Å²) in [5, 5.41) is 34.2. The Balaban J connectivity index is 0.602. The van der Waals surface area contributed by atoms with Crippen LogP contribution in [0, 0.1) is 17.2 Å². The van der Waals surface area contributed by atoms with Crippen LogP contribution in [0.3, 0.4) is 0 Å². The predicted molar refractivity (Wildman–Crippen MR) is 279 cm³/mol. The maximum atomic E-state index is 14.3. The highest BCUT2D eigenvalue weighted by Gasteiger charge is 2.55. The van der Waals surface area contributed by atoms with Crippen molar-refractivity contribution < 1.29 is 33.6 Å².